The van der Waals surface area contributed by atoms with E-state index in [9.17, 15) is 13.2 Å². The minimum atomic E-state index is -3.74. The van der Waals surface area contributed by atoms with Crippen LogP contribution in [-0.4, -0.2) is 27.7 Å². The van der Waals surface area contributed by atoms with Crippen molar-refractivity contribution in [2.24, 2.45) is 5.10 Å². The quantitative estimate of drug-likeness (QED) is 0.276. The summed E-state index contributed by atoms with van der Waals surface area (Å²) in [6, 6.07) is 16.1. The number of hydrogen-bond donors (Lipinski definition) is 1. The first-order valence-corrected chi connectivity index (χ1v) is 10.4. The first-order valence-electron chi connectivity index (χ1n) is 8.03. The maximum absolute atomic E-state index is 12.1. The normalized spacial score (nSPS) is 11.3. The number of nitrogens with zero attached hydrogens (tertiary/aromatic N) is 1. The molecular formula is C19H16N2O5S2. The highest BCUT2D eigenvalue weighted by Gasteiger charge is 2.14. The Morgan fingerprint density at radius 3 is 2.54 bits per heavy atom. The van der Waals surface area contributed by atoms with Crippen molar-refractivity contribution in [3.63, 3.8) is 0 Å². The van der Waals surface area contributed by atoms with Crippen LogP contribution in [0.5, 0.6) is 11.5 Å². The first-order chi connectivity index (χ1) is 13.5. The number of esters is 1. The third-order valence-corrected chi connectivity index (χ3v) is 5.64. The van der Waals surface area contributed by atoms with Crippen LogP contribution < -0.4 is 14.3 Å². The number of sulfonamides is 1. The van der Waals surface area contributed by atoms with Gasteiger partial charge in [0.2, 0.25) is 0 Å². The van der Waals surface area contributed by atoms with Crippen LogP contribution in [0.25, 0.3) is 0 Å². The van der Waals surface area contributed by atoms with Crippen LogP contribution in [0, 0.1) is 0 Å². The van der Waals surface area contributed by atoms with E-state index in [0.29, 0.717) is 16.2 Å². The van der Waals surface area contributed by atoms with Crippen LogP contribution in [0.2, 0.25) is 0 Å². The molecule has 7 nitrogen and oxygen atoms in total. The number of hydrazone groups is 1. The summed E-state index contributed by atoms with van der Waals surface area (Å²) in [5.41, 5.74) is 0.559. The molecule has 0 atom stereocenters. The van der Waals surface area contributed by atoms with Gasteiger partial charge in [-0.1, -0.05) is 24.3 Å². The minimum Gasteiger partial charge on any atom is -0.493 e. The topological polar surface area (TPSA) is 94.1 Å². The largest absolute Gasteiger partial charge is 0.493 e. The molecule has 1 aromatic heterocycles. The van der Waals surface area contributed by atoms with E-state index in [1.54, 1.807) is 53.9 Å². The van der Waals surface area contributed by atoms with E-state index in [4.69, 9.17) is 9.47 Å². The molecule has 2 aromatic carbocycles. The highest BCUT2D eigenvalue weighted by molar-refractivity contribution is 7.89. The SMILES string of the molecule is COc1cc(C=NNS(=O)(=O)c2ccccc2)ccc1OC(=O)c1cccs1. The number of methoxy groups -OCH3 is 1. The molecule has 0 spiro atoms. The summed E-state index contributed by atoms with van der Waals surface area (Å²) in [6.07, 6.45) is 1.33. The van der Waals surface area contributed by atoms with Gasteiger partial charge in [0.05, 0.1) is 18.2 Å². The maximum atomic E-state index is 12.1. The second-order valence-corrected chi connectivity index (χ2v) is 8.05. The van der Waals surface area contributed by atoms with Gasteiger partial charge in [0, 0.05) is 0 Å². The third kappa shape index (κ3) is 4.76. The van der Waals surface area contributed by atoms with Crippen LogP contribution >= 0.6 is 11.3 Å². The lowest BCUT2D eigenvalue weighted by atomic mass is 10.2. The molecule has 0 aliphatic carbocycles. The second kappa shape index (κ2) is 8.68. The zero-order chi connectivity index (χ0) is 20.0. The molecule has 28 heavy (non-hydrogen) atoms. The zero-order valence-corrected chi connectivity index (χ0v) is 16.4. The summed E-state index contributed by atoms with van der Waals surface area (Å²) in [5, 5.41) is 5.55. The highest BCUT2D eigenvalue weighted by atomic mass is 32.2. The lowest BCUT2D eigenvalue weighted by molar-refractivity contribution is 0.0735. The number of thiophene rings is 1. The van der Waals surface area contributed by atoms with Crippen molar-refractivity contribution in [3.05, 3.63) is 76.5 Å². The van der Waals surface area contributed by atoms with Crippen LogP contribution in [-0.2, 0) is 10.0 Å². The smallest absolute Gasteiger partial charge is 0.353 e. The Morgan fingerprint density at radius 1 is 1.07 bits per heavy atom. The number of hydrogen-bond acceptors (Lipinski definition) is 7. The van der Waals surface area contributed by atoms with Gasteiger partial charge in [-0.05, 0) is 47.3 Å². The molecule has 144 valence electrons. The summed E-state index contributed by atoms with van der Waals surface area (Å²) in [7, 11) is -2.30. The van der Waals surface area contributed by atoms with Gasteiger partial charge < -0.3 is 9.47 Å². The molecule has 0 fully saturated rings. The van der Waals surface area contributed by atoms with Gasteiger partial charge in [0.15, 0.2) is 11.5 Å². The van der Waals surface area contributed by atoms with Gasteiger partial charge in [0.1, 0.15) is 4.88 Å². The van der Waals surface area contributed by atoms with Crippen molar-refractivity contribution >= 4 is 33.5 Å². The average Bonchev–Trinajstić information content (AvgIpc) is 3.24. The summed E-state index contributed by atoms with van der Waals surface area (Å²) in [5.74, 6) is 0.0908. The van der Waals surface area contributed by atoms with Crippen molar-refractivity contribution in [2.45, 2.75) is 4.90 Å². The van der Waals surface area contributed by atoms with Crippen LogP contribution in [0.4, 0.5) is 0 Å². The Hall–Kier alpha value is -3.17. The van der Waals surface area contributed by atoms with E-state index >= 15 is 0 Å². The summed E-state index contributed by atoms with van der Waals surface area (Å²) >= 11 is 1.28. The van der Waals surface area contributed by atoms with Crippen molar-refractivity contribution in [3.8, 4) is 11.5 Å². The van der Waals surface area contributed by atoms with Crippen molar-refractivity contribution in [1.29, 1.82) is 0 Å². The lowest BCUT2D eigenvalue weighted by Crippen LogP contribution is -2.18. The second-order valence-electron chi connectivity index (χ2n) is 5.44. The molecule has 0 radical (unpaired) electrons. The van der Waals surface area contributed by atoms with Crippen molar-refractivity contribution in [2.75, 3.05) is 7.11 Å². The number of rotatable bonds is 7. The van der Waals surface area contributed by atoms with Gasteiger partial charge in [-0.25, -0.2) is 9.63 Å². The standard InChI is InChI=1S/C19H16N2O5S2/c1-25-17-12-14(9-10-16(17)26-19(22)18-8-5-11-27-18)13-20-21-28(23,24)15-6-3-2-4-7-15/h2-13,21H,1H3. The van der Waals surface area contributed by atoms with Crippen LogP contribution in [0.15, 0.2) is 76.0 Å². The number of carbonyl (C=O) groups excluding carboxylic acids is 1. The van der Waals surface area contributed by atoms with Gasteiger partial charge >= 0.3 is 5.97 Å². The summed E-state index contributed by atoms with van der Waals surface area (Å²) < 4.78 is 34.8. The highest BCUT2D eigenvalue weighted by Crippen LogP contribution is 2.28. The van der Waals surface area contributed by atoms with Crippen molar-refractivity contribution in [1.82, 2.24) is 4.83 Å². The van der Waals surface area contributed by atoms with Crippen molar-refractivity contribution < 1.29 is 22.7 Å². The zero-order valence-electron chi connectivity index (χ0n) is 14.7. The number of ether oxygens (including phenoxy) is 2. The summed E-state index contributed by atoms with van der Waals surface area (Å²) in [6.45, 7) is 0. The van der Waals surface area contributed by atoms with Gasteiger partial charge in [-0.2, -0.15) is 13.5 Å². The molecule has 0 bridgehead atoms. The fraction of sp³-hybridized carbons (Fsp3) is 0.0526. The molecule has 9 heteroatoms. The molecule has 0 unspecified atom stereocenters. The third-order valence-electron chi connectivity index (χ3n) is 3.55. The molecule has 0 saturated carbocycles. The van der Waals surface area contributed by atoms with Crippen LogP contribution in [0.3, 0.4) is 0 Å². The molecule has 1 N–H and O–H groups in total. The average molecular weight is 416 g/mol. The number of nitrogens with one attached hydrogen (secondary N) is 1. The van der Waals surface area contributed by atoms with E-state index in [2.05, 4.69) is 9.93 Å². The number of carbonyl (C=O) groups is 1. The molecule has 0 saturated heterocycles. The Bertz CT molecular complexity index is 1080. The lowest BCUT2D eigenvalue weighted by Gasteiger charge is -2.09. The van der Waals surface area contributed by atoms with E-state index in [1.807, 2.05) is 0 Å². The Morgan fingerprint density at radius 2 is 1.86 bits per heavy atom. The predicted octanol–water partition coefficient (Wildman–Crippen LogP) is 3.29. The number of benzene rings is 2. The fourth-order valence-corrected chi connectivity index (χ4v) is 3.63. The fourth-order valence-electron chi connectivity index (χ4n) is 2.22. The predicted molar refractivity (Wildman–Crippen MR) is 107 cm³/mol. The first kappa shape index (κ1) is 19.6. The Labute approximate surface area is 166 Å². The van der Waals surface area contributed by atoms with E-state index in [1.165, 1.54) is 36.8 Å². The molecular weight excluding hydrogens is 400 g/mol. The van der Waals surface area contributed by atoms with Gasteiger partial charge in [0.25, 0.3) is 10.0 Å². The van der Waals surface area contributed by atoms with Gasteiger partial charge in [-0.15, -0.1) is 11.3 Å². The Balaban J connectivity index is 1.71. The van der Waals surface area contributed by atoms with E-state index in [0.717, 1.165) is 0 Å². The Kier molecular flexibility index (Phi) is 6.07. The molecule has 0 aliphatic rings. The van der Waals surface area contributed by atoms with E-state index < -0.39 is 16.0 Å². The molecule has 1 heterocycles. The van der Waals surface area contributed by atoms with Crippen LogP contribution in [0.1, 0.15) is 15.2 Å². The van der Waals surface area contributed by atoms with Gasteiger partial charge in [-0.3, -0.25) is 0 Å². The summed E-state index contributed by atoms with van der Waals surface area (Å²) in [4.78, 5) is 14.8. The monoisotopic (exact) mass is 416 g/mol. The molecule has 0 aliphatic heterocycles. The molecule has 0 amide bonds. The maximum Gasteiger partial charge on any atom is 0.353 e. The minimum absolute atomic E-state index is 0.112. The molecule has 3 rings (SSSR count). The molecule has 3 aromatic rings. The van der Waals surface area contributed by atoms with E-state index in [-0.39, 0.29) is 10.6 Å².